The second-order valence-electron chi connectivity index (χ2n) is 4.92. The largest absolute Gasteiger partial charge is 0.311 e. The molecule has 1 fully saturated rings. The Morgan fingerprint density at radius 2 is 2.06 bits per heavy atom. The van der Waals surface area contributed by atoms with Crippen molar-refractivity contribution >= 4 is 0 Å². The summed E-state index contributed by atoms with van der Waals surface area (Å²) in [6.07, 6.45) is 8.49. The summed E-state index contributed by atoms with van der Waals surface area (Å²) in [5, 5.41) is 3.82. The first-order valence-electron chi connectivity index (χ1n) is 6.89. The van der Waals surface area contributed by atoms with Crippen LogP contribution in [0.1, 0.15) is 46.0 Å². The summed E-state index contributed by atoms with van der Waals surface area (Å²) in [6.45, 7) is 11.9. The molecule has 1 atom stereocenters. The highest BCUT2D eigenvalue weighted by Crippen LogP contribution is 2.12. The first-order valence-corrected chi connectivity index (χ1v) is 6.89. The topological polar surface area (TPSA) is 15.3 Å². The molecule has 0 amide bonds. The molecular weight excluding hydrogens is 196 g/mol. The molecule has 1 aliphatic heterocycles. The van der Waals surface area contributed by atoms with Crippen LogP contribution in [0.25, 0.3) is 0 Å². The lowest BCUT2D eigenvalue weighted by molar-refractivity contribution is 0.204. The van der Waals surface area contributed by atoms with Crippen molar-refractivity contribution in [2.75, 3.05) is 19.6 Å². The van der Waals surface area contributed by atoms with Gasteiger partial charge in [0.2, 0.25) is 0 Å². The van der Waals surface area contributed by atoms with Crippen molar-refractivity contribution in [3.63, 3.8) is 0 Å². The Bertz CT molecular complexity index is 183. The number of nitrogens with zero attached hydrogens (tertiary/aromatic N) is 1. The summed E-state index contributed by atoms with van der Waals surface area (Å²) >= 11 is 0. The molecule has 1 saturated heterocycles. The van der Waals surface area contributed by atoms with Crippen molar-refractivity contribution in [2.24, 2.45) is 0 Å². The molecule has 0 aromatic rings. The molecule has 1 N–H and O–H groups in total. The first-order chi connectivity index (χ1) is 7.80. The lowest BCUT2D eigenvalue weighted by Crippen LogP contribution is -2.46. The van der Waals surface area contributed by atoms with E-state index in [0.717, 1.165) is 18.6 Å². The van der Waals surface area contributed by atoms with Gasteiger partial charge in [-0.3, -0.25) is 4.90 Å². The predicted molar refractivity (Wildman–Crippen MR) is 71.8 cm³/mol. The van der Waals surface area contributed by atoms with Gasteiger partial charge in [-0.1, -0.05) is 26.3 Å². The fourth-order valence-electron chi connectivity index (χ4n) is 2.55. The maximum absolute atomic E-state index is 3.82. The molecule has 1 unspecified atom stereocenters. The van der Waals surface area contributed by atoms with Crippen LogP contribution < -0.4 is 5.32 Å². The van der Waals surface area contributed by atoms with Crippen molar-refractivity contribution in [3.8, 4) is 0 Å². The summed E-state index contributed by atoms with van der Waals surface area (Å²) in [7, 11) is 0. The molecular formula is C14H28N2. The number of piperidine rings is 1. The molecule has 1 rings (SSSR count). The Morgan fingerprint density at radius 3 is 2.56 bits per heavy atom. The minimum Gasteiger partial charge on any atom is -0.311 e. The standard InChI is InChI=1S/C14H28N2/c1-4-7-13(6-3)15-14-8-11-16(10-5-2)12-9-14/h5,13-15H,2,4,6-12H2,1,3H3. The SMILES string of the molecule is C=CCN1CCC(NC(CC)CCC)CC1. The van der Waals surface area contributed by atoms with E-state index in [4.69, 9.17) is 0 Å². The van der Waals surface area contributed by atoms with Crippen molar-refractivity contribution in [1.82, 2.24) is 10.2 Å². The van der Waals surface area contributed by atoms with E-state index in [1.165, 1.54) is 45.2 Å². The van der Waals surface area contributed by atoms with Gasteiger partial charge in [-0.05, 0) is 38.8 Å². The van der Waals surface area contributed by atoms with E-state index in [-0.39, 0.29) is 0 Å². The van der Waals surface area contributed by atoms with E-state index in [2.05, 4.69) is 30.6 Å². The molecule has 0 radical (unpaired) electrons. The molecule has 0 bridgehead atoms. The Balaban J connectivity index is 2.22. The summed E-state index contributed by atoms with van der Waals surface area (Å²) in [5.74, 6) is 0. The Hall–Kier alpha value is -0.340. The van der Waals surface area contributed by atoms with Crippen LogP contribution in [0.3, 0.4) is 0 Å². The number of hydrogen-bond acceptors (Lipinski definition) is 2. The van der Waals surface area contributed by atoms with Gasteiger partial charge in [0.1, 0.15) is 0 Å². The third-order valence-electron chi connectivity index (χ3n) is 3.58. The van der Waals surface area contributed by atoms with Crippen LogP contribution in [-0.2, 0) is 0 Å². The van der Waals surface area contributed by atoms with Crippen LogP contribution in [-0.4, -0.2) is 36.6 Å². The number of nitrogens with one attached hydrogen (secondary N) is 1. The van der Waals surface area contributed by atoms with Crippen molar-refractivity contribution in [3.05, 3.63) is 12.7 Å². The van der Waals surface area contributed by atoms with Gasteiger partial charge < -0.3 is 5.32 Å². The smallest absolute Gasteiger partial charge is 0.0160 e. The number of likely N-dealkylation sites (tertiary alicyclic amines) is 1. The minimum absolute atomic E-state index is 0.737. The molecule has 0 aromatic carbocycles. The van der Waals surface area contributed by atoms with Crippen molar-refractivity contribution in [1.29, 1.82) is 0 Å². The summed E-state index contributed by atoms with van der Waals surface area (Å²) in [5.41, 5.74) is 0. The van der Waals surface area contributed by atoms with Gasteiger partial charge in [0, 0.05) is 18.6 Å². The summed E-state index contributed by atoms with van der Waals surface area (Å²) in [6, 6.07) is 1.48. The molecule has 0 saturated carbocycles. The Kier molecular flexibility index (Phi) is 6.74. The van der Waals surface area contributed by atoms with Crippen LogP contribution in [0.4, 0.5) is 0 Å². The summed E-state index contributed by atoms with van der Waals surface area (Å²) < 4.78 is 0. The second-order valence-corrected chi connectivity index (χ2v) is 4.92. The highest BCUT2D eigenvalue weighted by molar-refractivity contribution is 4.83. The average molecular weight is 224 g/mol. The average Bonchev–Trinajstić information content (AvgIpc) is 2.31. The van der Waals surface area contributed by atoms with E-state index < -0.39 is 0 Å². The monoisotopic (exact) mass is 224 g/mol. The maximum Gasteiger partial charge on any atom is 0.0160 e. The fraction of sp³-hybridized carbons (Fsp3) is 0.857. The zero-order valence-electron chi connectivity index (χ0n) is 11.0. The van der Waals surface area contributed by atoms with Gasteiger partial charge in [-0.2, -0.15) is 0 Å². The maximum atomic E-state index is 3.82. The van der Waals surface area contributed by atoms with Crippen LogP contribution in [0.15, 0.2) is 12.7 Å². The van der Waals surface area contributed by atoms with E-state index in [0.29, 0.717) is 0 Å². The molecule has 0 aromatic heterocycles. The van der Waals surface area contributed by atoms with Crippen LogP contribution in [0.2, 0.25) is 0 Å². The van der Waals surface area contributed by atoms with E-state index in [1.54, 1.807) is 0 Å². The molecule has 16 heavy (non-hydrogen) atoms. The second kappa shape index (κ2) is 7.86. The van der Waals surface area contributed by atoms with E-state index >= 15 is 0 Å². The molecule has 0 spiro atoms. The van der Waals surface area contributed by atoms with E-state index in [1.807, 2.05) is 6.08 Å². The third kappa shape index (κ3) is 4.67. The third-order valence-corrected chi connectivity index (χ3v) is 3.58. The predicted octanol–water partition coefficient (Wildman–Crippen LogP) is 2.81. The normalized spacial score (nSPS) is 20.9. The summed E-state index contributed by atoms with van der Waals surface area (Å²) in [4.78, 5) is 2.49. The quantitative estimate of drug-likeness (QED) is 0.669. The Labute approximate surface area is 101 Å². The van der Waals surface area contributed by atoms with Crippen molar-refractivity contribution in [2.45, 2.75) is 58.0 Å². The van der Waals surface area contributed by atoms with Gasteiger partial charge in [0.05, 0.1) is 0 Å². The number of rotatable bonds is 7. The minimum atomic E-state index is 0.737. The van der Waals surface area contributed by atoms with Crippen LogP contribution >= 0.6 is 0 Å². The first kappa shape index (κ1) is 13.7. The van der Waals surface area contributed by atoms with Gasteiger partial charge in [-0.25, -0.2) is 0 Å². The number of hydrogen-bond donors (Lipinski definition) is 1. The highest BCUT2D eigenvalue weighted by atomic mass is 15.1. The zero-order chi connectivity index (χ0) is 11.8. The zero-order valence-corrected chi connectivity index (χ0v) is 11.0. The van der Waals surface area contributed by atoms with Gasteiger partial charge >= 0.3 is 0 Å². The molecule has 1 heterocycles. The van der Waals surface area contributed by atoms with Crippen LogP contribution in [0, 0.1) is 0 Å². The fourth-order valence-corrected chi connectivity index (χ4v) is 2.55. The van der Waals surface area contributed by atoms with Gasteiger partial charge in [-0.15, -0.1) is 6.58 Å². The molecule has 1 aliphatic rings. The molecule has 2 heteroatoms. The lowest BCUT2D eigenvalue weighted by atomic mass is 10.0. The van der Waals surface area contributed by atoms with Gasteiger partial charge in [0.25, 0.3) is 0 Å². The molecule has 94 valence electrons. The van der Waals surface area contributed by atoms with E-state index in [9.17, 15) is 0 Å². The van der Waals surface area contributed by atoms with Gasteiger partial charge in [0.15, 0.2) is 0 Å². The lowest BCUT2D eigenvalue weighted by Gasteiger charge is -2.33. The van der Waals surface area contributed by atoms with Crippen LogP contribution in [0.5, 0.6) is 0 Å². The highest BCUT2D eigenvalue weighted by Gasteiger charge is 2.19. The molecule has 2 nitrogen and oxygen atoms in total. The van der Waals surface area contributed by atoms with Crippen molar-refractivity contribution < 1.29 is 0 Å². The molecule has 0 aliphatic carbocycles. The Morgan fingerprint density at radius 1 is 1.38 bits per heavy atom.